The smallest absolute Gasteiger partial charge is 0.128 e. The fourth-order valence-electron chi connectivity index (χ4n) is 4.36. The lowest BCUT2D eigenvalue weighted by atomic mass is 10.0. The normalized spacial score (nSPS) is 16.9. The quantitative estimate of drug-likeness (QED) is 0.552. The zero-order chi connectivity index (χ0) is 22.3. The van der Waals surface area contributed by atoms with Gasteiger partial charge in [0.2, 0.25) is 0 Å². The second-order valence-corrected chi connectivity index (χ2v) is 8.43. The molecule has 3 aromatic rings. The van der Waals surface area contributed by atoms with Crippen LogP contribution in [0.2, 0.25) is 0 Å². The molecule has 0 amide bonds. The lowest BCUT2D eigenvalue weighted by Gasteiger charge is -2.35. The van der Waals surface area contributed by atoms with Gasteiger partial charge >= 0.3 is 0 Å². The molecule has 1 unspecified atom stereocenters. The third-order valence-electron chi connectivity index (χ3n) is 6.05. The minimum atomic E-state index is -0.538. The average molecular weight is 437 g/mol. The van der Waals surface area contributed by atoms with Crippen LogP contribution in [0.25, 0.3) is 11.3 Å². The van der Waals surface area contributed by atoms with Crippen molar-refractivity contribution in [3.8, 4) is 11.3 Å². The van der Waals surface area contributed by atoms with Gasteiger partial charge in [-0.1, -0.05) is 25.1 Å². The standard InChI is InChI=1S/C26H30F2N4/c1-2-24-17-29-11-12-32(24)18-20-6-3-7-21(13-20)25-9-10-30-26(31-25)8-4-5-19-14-22(27)16-23(28)15-19/h3,6-7,9-10,13-16,24,29H,2,4-5,8,11-12,17-18H2,1H3. The van der Waals surface area contributed by atoms with Crippen molar-refractivity contribution in [3.63, 3.8) is 0 Å². The van der Waals surface area contributed by atoms with Crippen molar-refractivity contribution in [1.82, 2.24) is 20.2 Å². The highest BCUT2D eigenvalue weighted by Gasteiger charge is 2.20. The molecule has 0 radical (unpaired) electrons. The summed E-state index contributed by atoms with van der Waals surface area (Å²) in [6, 6.07) is 14.7. The first kappa shape index (κ1) is 22.5. The maximum absolute atomic E-state index is 13.4. The Balaban J connectivity index is 1.41. The van der Waals surface area contributed by atoms with E-state index in [-0.39, 0.29) is 0 Å². The van der Waals surface area contributed by atoms with Crippen molar-refractivity contribution in [3.05, 3.63) is 83.3 Å². The van der Waals surface area contributed by atoms with E-state index < -0.39 is 11.6 Å². The van der Waals surface area contributed by atoms with E-state index in [1.54, 1.807) is 6.20 Å². The van der Waals surface area contributed by atoms with Gasteiger partial charge in [0.05, 0.1) is 5.69 Å². The van der Waals surface area contributed by atoms with Crippen LogP contribution in [0.1, 0.15) is 36.7 Å². The number of nitrogens with one attached hydrogen (secondary N) is 1. The topological polar surface area (TPSA) is 41.0 Å². The highest BCUT2D eigenvalue weighted by Crippen LogP contribution is 2.21. The van der Waals surface area contributed by atoms with Crippen molar-refractivity contribution in [2.45, 2.75) is 45.2 Å². The van der Waals surface area contributed by atoms with E-state index in [1.807, 2.05) is 6.07 Å². The molecule has 1 saturated heterocycles. The van der Waals surface area contributed by atoms with Gasteiger partial charge in [0.15, 0.2) is 0 Å². The molecule has 2 heterocycles. The molecule has 1 aliphatic rings. The highest BCUT2D eigenvalue weighted by molar-refractivity contribution is 5.59. The summed E-state index contributed by atoms with van der Waals surface area (Å²) in [7, 11) is 0. The lowest BCUT2D eigenvalue weighted by Crippen LogP contribution is -2.50. The fraction of sp³-hybridized carbons (Fsp3) is 0.385. The second kappa shape index (κ2) is 10.7. The first-order chi connectivity index (χ1) is 15.6. The van der Waals surface area contributed by atoms with Crippen LogP contribution in [0.3, 0.4) is 0 Å². The zero-order valence-corrected chi connectivity index (χ0v) is 18.5. The van der Waals surface area contributed by atoms with Crippen LogP contribution in [0.4, 0.5) is 8.78 Å². The van der Waals surface area contributed by atoms with Gasteiger partial charge in [0.1, 0.15) is 17.5 Å². The summed E-state index contributed by atoms with van der Waals surface area (Å²) < 4.78 is 26.7. The van der Waals surface area contributed by atoms with Crippen LogP contribution in [0, 0.1) is 11.6 Å². The van der Waals surface area contributed by atoms with E-state index >= 15 is 0 Å². The molecule has 1 N–H and O–H groups in total. The van der Waals surface area contributed by atoms with Gasteiger partial charge in [-0.2, -0.15) is 0 Å². The third kappa shape index (κ3) is 5.96. The van der Waals surface area contributed by atoms with Crippen LogP contribution < -0.4 is 5.32 Å². The molecule has 4 nitrogen and oxygen atoms in total. The zero-order valence-electron chi connectivity index (χ0n) is 18.5. The number of aromatic nitrogens is 2. The van der Waals surface area contributed by atoms with Crippen molar-refractivity contribution >= 4 is 0 Å². The van der Waals surface area contributed by atoms with Crippen LogP contribution in [0.15, 0.2) is 54.7 Å². The molecule has 0 saturated carbocycles. The molecule has 1 aromatic heterocycles. The Kier molecular flexibility index (Phi) is 7.55. The van der Waals surface area contributed by atoms with Crippen molar-refractivity contribution in [2.75, 3.05) is 19.6 Å². The molecule has 2 aromatic carbocycles. The highest BCUT2D eigenvalue weighted by atomic mass is 19.1. The van der Waals surface area contributed by atoms with E-state index in [9.17, 15) is 8.78 Å². The van der Waals surface area contributed by atoms with Gasteiger partial charge in [0, 0.05) is 56.5 Å². The Morgan fingerprint density at radius 1 is 1.03 bits per heavy atom. The number of rotatable bonds is 8. The van der Waals surface area contributed by atoms with Crippen LogP contribution in [-0.4, -0.2) is 40.5 Å². The number of benzene rings is 2. The molecular formula is C26H30F2N4. The van der Waals surface area contributed by atoms with E-state index in [0.29, 0.717) is 24.4 Å². The largest absolute Gasteiger partial charge is 0.314 e. The summed E-state index contributed by atoms with van der Waals surface area (Å²) in [5.74, 6) is -0.327. The van der Waals surface area contributed by atoms with E-state index in [1.165, 1.54) is 17.7 Å². The number of piperazine rings is 1. The maximum Gasteiger partial charge on any atom is 0.128 e. The van der Waals surface area contributed by atoms with Crippen LogP contribution in [0.5, 0.6) is 0 Å². The van der Waals surface area contributed by atoms with Gasteiger partial charge in [-0.05, 0) is 54.7 Å². The predicted molar refractivity (Wildman–Crippen MR) is 123 cm³/mol. The predicted octanol–water partition coefficient (Wildman–Crippen LogP) is 4.78. The van der Waals surface area contributed by atoms with Gasteiger partial charge in [-0.25, -0.2) is 18.7 Å². The van der Waals surface area contributed by atoms with Crippen molar-refractivity contribution in [2.24, 2.45) is 0 Å². The summed E-state index contributed by atoms with van der Waals surface area (Å²) in [5.41, 5.74) is 3.93. The number of nitrogens with zero attached hydrogens (tertiary/aromatic N) is 3. The Bertz CT molecular complexity index is 1020. The maximum atomic E-state index is 13.4. The molecule has 1 fully saturated rings. The van der Waals surface area contributed by atoms with Crippen molar-refractivity contribution in [1.29, 1.82) is 0 Å². The van der Waals surface area contributed by atoms with E-state index in [2.05, 4.69) is 46.4 Å². The molecule has 4 rings (SSSR count). The van der Waals surface area contributed by atoms with E-state index in [0.717, 1.165) is 62.2 Å². The van der Waals surface area contributed by atoms with E-state index in [4.69, 9.17) is 4.98 Å². The lowest BCUT2D eigenvalue weighted by molar-refractivity contribution is 0.149. The van der Waals surface area contributed by atoms with Gasteiger partial charge in [-0.3, -0.25) is 4.90 Å². The monoisotopic (exact) mass is 436 g/mol. The average Bonchev–Trinajstić information content (AvgIpc) is 2.79. The second-order valence-electron chi connectivity index (χ2n) is 8.43. The van der Waals surface area contributed by atoms with Crippen LogP contribution >= 0.6 is 0 Å². The SMILES string of the molecule is CCC1CNCCN1Cc1cccc(-c2ccnc(CCCc3cc(F)cc(F)c3)n2)c1. The Morgan fingerprint density at radius 2 is 1.88 bits per heavy atom. The Morgan fingerprint density at radius 3 is 2.69 bits per heavy atom. The Labute approximate surface area is 188 Å². The molecule has 0 aliphatic carbocycles. The van der Waals surface area contributed by atoms with Crippen molar-refractivity contribution < 1.29 is 8.78 Å². The third-order valence-corrected chi connectivity index (χ3v) is 6.05. The summed E-state index contributed by atoms with van der Waals surface area (Å²) in [6.45, 7) is 6.33. The van der Waals surface area contributed by atoms with Gasteiger partial charge in [-0.15, -0.1) is 0 Å². The molecule has 0 bridgehead atoms. The number of aryl methyl sites for hydroxylation is 2. The van der Waals surface area contributed by atoms with Crippen LogP contribution in [-0.2, 0) is 19.4 Å². The molecule has 1 atom stereocenters. The minimum Gasteiger partial charge on any atom is -0.314 e. The number of hydrogen-bond acceptors (Lipinski definition) is 4. The van der Waals surface area contributed by atoms with Gasteiger partial charge < -0.3 is 5.32 Å². The molecule has 6 heteroatoms. The molecule has 1 aliphatic heterocycles. The fourth-order valence-corrected chi connectivity index (χ4v) is 4.36. The summed E-state index contributed by atoms with van der Waals surface area (Å²) in [5, 5.41) is 3.48. The summed E-state index contributed by atoms with van der Waals surface area (Å²) in [4.78, 5) is 11.7. The summed E-state index contributed by atoms with van der Waals surface area (Å²) in [6.07, 6.45) is 4.90. The molecule has 0 spiro atoms. The summed E-state index contributed by atoms with van der Waals surface area (Å²) >= 11 is 0. The minimum absolute atomic E-state index is 0.538. The molecule has 32 heavy (non-hydrogen) atoms. The molecular weight excluding hydrogens is 406 g/mol. The number of hydrogen-bond donors (Lipinski definition) is 1. The first-order valence-electron chi connectivity index (χ1n) is 11.4. The van der Waals surface area contributed by atoms with Gasteiger partial charge in [0.25, 0.3) is 0 Å². The first-order valence-corrected chi connectivity index (χ1v) is 11.4. The number of halogens is 2. The Hall–Kier alpha value is -2.70. The molecule has 168 valence electrons.